The minimum Gasteiger partial charge on any atom is -0.490 e. The highest BCUT2D eigenvalue weighted by molar-refractivity contribution is 6.02. The predicted octanol–water partition coefficient (Wildman–Crippen LogP) is 1.64. The molecule has 0 radical (unpaired) electrons. The van der Waals surface area contributed by atoms with Gasteiger partial charge in [0, 0.05) is 11.3 Å². The summed E-state index contributed by atoms with van der Waals surface area (Å²) in [6, 6.07) is 7.83. The predicted molar refractivity (Wildman–Crippen MR) is 59.6 cm³/mol. The van der Waals surface area contributed by atoms with Crippen LogP contribution < -0.4 is 4.74 Å². The number of para-hydroxylation sites is 1. The van der Waals surface area contributed by atoms with Crippen molar-refractivity contribution in [2.75, 3.05) is 13.2 Å². The average Bonchev–Trinajstić information content (AvgIpc) is 2.26. The topological polar surface area (TPSA) is 41.8 Å². The molecule has 2 rings (SSSR count). The molecule has 0 amide bonds. The molecule has 0 aliphatic carbocycles. The lowest BCUT2D eigenvalue weighted by Gasteiger charge is -2.18. The average molecular weight is 205 g/mol. The molecular formula is C12H15NO2. The Bertz CT molecular complexity index is 374. The number of aliphatic imine (C=N–C) groups is 1. The van der Waals surface area contributed by atoms with Gasteiger partial charge < -0.3 is 9.84 Å². The Morgan fingerprint density at radius 3 is 3.07 bits per heavy atom. The van der Waals surface area contributed by atoms with Gasteiger partial charge in [-0.15, -0.1) is 0 Å². The van der Waals surface area contributed by atoms with Crippen molar-refractivity contribution in [3.63, 3.8) is 0 Å². The quantitative estimate of drug-likeness (QED) is 0.757. The minimum atomic E-state index is -0.500. The lowest BCUT2D eigenvalue weighted by molar-refractivity contribution is 0.113. The van der Waals surface area contributed by atoms with E-state index in [0.29, 0.717) is 13.2 Å². The molecule has 1 N–H and O–H groups in total. The Kier molecular flexibility index (Phi) is 3.02. The summed E-state index contributed by atoms with van der Waals surface area (Å²) in [4.78, 5) is 4.41. The van der Waals surface area contributed by atoms with Crippen LogP contribution in [0.15, 0.2) is 29.3 Å². The zero-order valence-electron chi connectivity index (χ0n) is 8.81. The van der Waals surface area contributed by atoms with Crippen LogP contribution in [0.3, 0.4) is 0 Å². The Hall–Kier alpha value is -1.35. The van der Waals surface area contributed by atoms with Crippen molar-refractivity contribution in [1.82, 2.24) is 0 Å². The Morgan fingerprint density at radius 2 is 2.27 bits per heavy atom. The van der Waals surface area contributed by atoms with Gasteiger partial charge in [0.1, 0.15) is 18.5 Å². The summed E-state index contributed by atoms with van der Waals surface area (Å²) in [6.45, 7) is 2.80. The zero-order chi connectivity index (χ0) is 10.7. The van der Waals surface area contributed by atoms with Gasteiger partial charge in [-0.25, -0.2) is 0 Å². The van der Waals surface area contributed by atoms with E-state index in [1.807, 2.05) is 24.3 Å². The first-order valence-corrected chi connectivity index (χ1v) is 5.25. The first-order chi connectivity index (χ1) is 7.31. The molecule has 15 heavy (non-hydrogen) atoms. The molecule has 1 aromatic carbocycles. The number of nitrogens with zero attached hydrogens (tertiary/aromatic N) is 1. The molecule has 80 valence electrons. The number of hydrogen-bond acceptors (Lipinski definition) is 3. The van der Waals surface area contributed by atoms with Gasteiger partial charge in [-0.3, -0.25) is 4.99 Å². The van der Waals surface area contributed by atoms with Gasteiger partial charge in [0.2, 0.25) is 0 Å². The Morgan fingerprint density at radius 1 is 1.47 bits per heavy atom. The number of aliphatic hydroxyl groups excluding tert-OH is 1. The summed E-state index contributed by atoms with van der Waals surface area (Å²) < 4.78 is 5.54. The molecular weight excluding hydrogens is 190 g/mol. The van der Waals surface area contributed by atoms with E-state index >= 15 is 0 Å². The van der Waals surface area contributed by atoms with E-state index < -0.39 is 6.10 Å². The van der Waals surface area contributed by atoms with Gasteiger partial charge in [0.15, 0.2) is 0 Å². The molecule has 0 spiro atoms. The number of hydrogen-bond donors (Lipinski definition) is 1. The first-order valence-electron chi connectivity index (χ1n) is 5.25. The maximum atomic E-state index is 9.52. The second-order valence-electron chi connectivity index (χ2n) is 3.60. The third-order valence-corrected chi connectivity index (χ3v) is 2.46. The van der Waals surface area contributed by atoms with Crippen LogP contribution in [0.2, 0.25) is 0 Å². The summed E-state index contributed by atoms with van der Waals surface area (Å²) in [5, 5.41) is 9.52. The van der Waals surface area contributed by atoms with Crippen molar-refractivity contribution < 1.29 is 9.84 Å². The number of rotatable bonds is 1. The molecule has 0 saturated carbocycles. The number of ether oxygens (including phenoxy) is 1. The fraction of sp³-hybridized carbons (Fsp3) is 0.417. The molecule has 1 aromatic rings. The van der Waals surface area contributed by atoms with Crippen LogP contribution >= 0.6 is 0 Å². The van der Waals surface area contributed by atoms with E-state index in [0.717, 1.165) is 23.4 Å². The van der Waals surface area contributed by atoms with Crippen molar-refractivity contribution in [3.8, 4) is 5.75 Å². The van der Waals surface area contributed by atoms with Crippen LogP contribution in [0, 0.1) is 0 Å². The molecule has 0 bridgehead atoms. The Labute approximate surface area is 89.4 Å². The third-order valence-electron chi connectivity index (χ3n) is 2.46. The lowest BCUT2D eigenvalue weighted by Crippen LogP contribution is -2.24. The Balaban J connectivity index is 2.41. The molecule has 1 aliphatic rings. The molecule has 1 unspecified atom stereocenters. The maximum absolute atomic E-state index is 9.52. The van der Waals surface area contributed by atoms with Crippen LogP contribution in [0.5, 0.6) is 5.75 Å². The fourth-order valence-electron chi connectivity index (χ4n) is 1.67. The minimum absolute atomic E-state index is 0.317. The van der Waals surface area contributed by atoms with Crippen LogP contribution in [0.4, 0.5) is 0 Å². The maximum Gasteiger partial charge on any atom is 0.128 e. The lowest BCUT2D eigenvalue weighted by atomic mass is 10.1. The van der Waals surface area contributed by atoms with E-state index in [2.05, 4.69) is 11.9 Å². The molecule has 1 aliphatic heterocycles. The van der Waals surface area contributed by atoms with Crippen molar-refractivity contribution >= 4 is 5.71 Å². The van der Waals surface area contributed by atoms with Crippen molar-refractivity contribution in [2.24, 2.45) is 4.99 Å². The number of benzene rings is 1. The van der Waals surface area contributed by atoms with Crippen LogP contribution in [-0.4, -0.2) is 30.1 Å². The normalized spacial score (nSPS) is 20.7. The molecule has 1 atom stereocenters. The summed E-state index contributed by atoms with van der Waals surface area (Å²) in [6.07, 6.45) is 0.354. The zero-order valence-corrected chi connectivity index (χ0v) is 8.81. The standard InChI is InChI=1S/C12H15NO2/c1-2-11-10-5-3-4-6-12(10)15-8-9(14)7-13-11/h3-6,9,14H,2,7-8H2,1H3. The first kappa shape index (κ1) is 10.2. The van der Waals surface area contributed by atoms with Gasteiger partial charge in [0.25, 0.3) is 0 Å². The molecule has 3 nitrogen and oxygen atoms in total. The van der Waals surface area contributed by atoms with Crippen LogP contribution in [0.1, 0.15) is 18.9 Å². The van der Waals surface area contributed by atoms with E-state index in [1.165, 1.54) is 0 Å². The van der Waals surface area contributed by atoms with Gasteiger partial charge in [0.05, 0.1) is 6.54 Å². The summed E-state index contributed by atoms with van der Waals surface area (Å²) >= 11 is 0. The van der Waals surface area contributed by atoms with Crippen molar-refractivity contribution in [3.05, 3.63) is 29.8 Å². The third kappa shape index (κ3) is 2.18. The second-order valence-corrected chi connectivity index (χ2v) is 3.60. The van der Waals surface area contributed by atoms with Crippen LogP contribution in [0.25, 0.3) is 0 Å². The molecule has 1 heterocycles. The molecule has 0 aromatic heterocycles. The van der Waals surface area contributed by atoms with Gasteiger partial charge in [-0.2, -0.15) is 0 Å². The second kappa shape index (κ2) is 4.45. The SMILES string of the molecule is CCC1=NCC(O)COc2ccccc21. The highest BCUT2D eigenvalue weighted by Gasteiger charge is 2.14. The van der Waals surface area contributed by atoms with E-state index in [-0.39, 0.29) is 0 Å². The highest BCUT2D eigenvalue weighted by Crippen LogP contribution is 2.21. The van der Waals surface area contributed by atoms with E-state index in [1.54, 1.807) is 0 Å². The number of aliphatic hydroxyl groups is 1. The monoisotopic (exact) mass is 205 g/mol. The van der Waals surface area contributed by atoms with Gasteiger partial charge in [-0.1, -0.05) is 19.1 Å². The number of fused-ring (bicyclic) bond motifs is 1. The van der Waals surface area contributed by atoms with Gasteiger partial charge >= 0.3 is 0 Å². The van der Waals surface area contributed by atoms with E-state index in [4.69, 9.17) is 4.74 Å². The summed E-state index contributed by atoms with van der Waals surface area (Å²) in [5.41, 5.74) is 2.05. The van der Waals surface area contributed by atoms with Crippen molar-refractivity contribution in [2.45, 2.75) is 19.4 Å². The van der Waals surface area contributed by atoms with E-state index in [9.17, 15) is 5.11 Å². The highest BCUT2D eigenvalue weighted by atomic mass is 16.5. The summed E-state index contributed by atoms with van der Waals surface area (Å²) in [5.74, 6) is 0.817. The molecule has 3 heteroatoms. The smallest absolute Gasteiger partial charge is 0.128 e. The fourth-order valence-corrected chi connectivity index (χ4v) is 1.67. The molecule has 0 fully saturated rings. The molecule has 0 saturated heterocycles. The summed E-state index contributed by atoms with van der Waals surface area (Å²) in [7, 11) is 0. The largest absolute Gasteiger partial charge is 0.490 e. The van der Waals surface area contributed by atoms with Crippen LogP contribution in [-0.2, 0) is 0 Å². The van der Waals surface area contributed by atoms with Gasteiger partial charge in [-0.05, 0) is 18.6 Å². The van der Waals surface area contributed by atoms with Crippen molar-refractivity contribution in [1.29, 1.82) is 0 Å².